The molecular weight excluding hydrogens is 300 g/mol. The lowest BCUT2D eigenvalue weighted by Crippen LogP contribution is -2.31. The smallest absolute Gasteiger partial charge is 0.261 e. The summed E-state index contributed by atoms with van der Waals surface area (Å²) in [7, 11) is 0. The standard InChI is InChI=1S/C20H22N2O2/c1-15-7-6-8-16(13-15)14-21-11-4-5-12-22-19(23)17-9-2-3-10-18(17)20(22)24/h2-3,6-10,13,21H,4-5,11-12,14H2,1H3. The molecule has 3 rings (SSSR count). The molecular formula is C20H22N2O2. The number of nitrogens with one attached hydrogen (secondary N) is 1. The predicted octanol–water partition coefficient (Wildman–Crippen LogP) is 3.16. The van der Waals surface area contributed by atoms with Crippen molar-refractivity contribution < 1.29 is 9.59 Å². The molecule has 0 unspecified atom stereocenters. The topological polar surface area (TPSA) is 49.4 Å². The second-order valence-corrected chi connectivity index (χ2v) is 6.18. The quantitative estimate of drug-likeness (QED) is 0.629. The molecule has 4 heteroatoms. The number of rotatable bonds is 7. The second-order valence-electron chi connectivity index (χ2n) is 6.18. The molecule has 1 N–H and O–H groups in total. The Morgan fingerprint density at radius 1 is 0.917 bits per heavy atom. The molecule has 1 aliphatic heterocycles. The van der Waals surface area contributed by atoms with Crippen molar-refractivity contribution in [2.24, 2.45) is 0 Å². The number of unbranched alkanes of at least 4 members (excludes halogenated alkanes) is 1. The number of carbonyl (C=O) groups is 2. The second kappa shape index (κ2) is 7.41. The number of aryl methyl sites for hydroxylation is 1. The third-order valence-electron chi connectivity index (χ3n) is 4.28. The molecule has 0 saturated carbocycles. The van der Waals surface area contributed by atoms with Crippen LogP contribution in [0, 0.1) is 6.92 Å². The van der Waals surface area contributed by atoms with Gasteiger partial charge in [0.2, 0.25) is 0 Å². The average Bonchev–Trinajstić information content (AvgIpc) is 2.83. The Morgan fingerprint density at radius 2 is 1.62 bits per heavy atom. The van der Waals surface area contributed by atoms with Gasteiger partial charge < -0.3 is 5.32 Å². The van der Waals surface area contributed by atoms with Gasteiger partial charge in [-0.1, -0.05) is 42.0 Å². The van der Waals surface area contributed by atoms with E-state index in [0.29, 0.717) is 17.7 Å². The zero-order valence-electron chi connectivity index (χ0n) is 13.9. The van der Waals surface area contributed by atoms with Crippen LogP contribution in [0.2, 0.25) is 0 Å². The fourth-order valence-electron chi connectivity index (χ4n) is 3.02. The van der Waals surface area contributed by atoms with E-state index in [9.17, 15) is 9.59 Å². The first-order chi connectivity index (χ1) is 11.7. The van der Waals surface area contributed by atoms with Gasteiger partial charge in [0.15, 0.2) is 0 Å². The van der Waals surface area contributed by atoms with Crippen LogP contribution in [-0.2, 0) is 6.54 Å². The molecule has 0 atom stereocenters. The summed E-state index contributed by atoms with van der Waals surface area (Å²) in [5.74, 6) is -0.327. The SMILES string of the molecule is Cc1cccc(CNCCCCN2C(=O)c3ccccc3C2=O)c1. The van der Waals surface area contributed by atoms with Crippen molar-refractivity contribution >= 4 is 11.8 Å². The van der Waals surface area contributed by atoms with Crippen LogP contribution in [0.3, 0.4) is 0 Å². The van der Waals surface area contributed by atoms with Gasteiger partial charge in [-0.3, -0.25) is 14.5 Å². The predicted molar refractivity (Wildman–Crippen MR) is 93.9 cm³/mol. The molecule has 0 radical (unpaired) electrons. The van der Waals surface area contributed by atoms with Crippen LogP contribution in [0.25, 0.3) is 0 Å². The minimum atomic E-state index is -0.164. The molecule has 1 heterocycles. The Labute approximate surface area is 142 Å². The summed E-state index contributed by atoms with van der Waals surface area (Å²) in [5.41, 5.74) is 3.59. The summed E-state index contributed by atoms with van der Waals surface area (Å²) in [6.07, 6.45) is 1.74. The molecule has 0 fully saturated rings. The molecule has 24 heavy (non-hydrogen) atoms. The molecule has 0 spiro atoms. The van der Waals surface area contributed by atoms with Crippen LogP contribution in [0.4, 0.5) is 0 Å². The van der Waals surface area contributed by atoms with E-state index in [4.69, 9.17) is 0 Å². The van der Waals surface area contributed by atoms with Crippen LogP contribution < -0.4 is 5.32 Å². The van der Waals surface area contributed by atoms with Crippen LogP contribution in [0.15, 0.2) is 48.5 Å². The highest BCUT2D eigenvalue weighted by molar-refractivity contribution is 6.21. The fraction of sp³-hybridized carbons (Fsp3) is 0.300. The maximum absolute atomic E-state index is 12.2. The van der Waals surface area contributed by atoms with E-state index in [1.54, 1.807) is 24.3 Å². The van der Waals surface area contributed by atoms with Gasteiger partial charge >= 0.3 is 0 Å². The molecule has 0 aliphatic carbocycles. The van der Waals surface area contributed by atoms with Crippen molar-refractivity contribution in [2.75, 3.05) is 13.1 Å². The lowest BCUT2D eigenvalue weighted by Gasteiger charge is -2.13. The molecule has 2 aromatic carbocycles. The lowest BCUT2D eigenvalue weighted by molar-refractivity contribution is 0.0651. The zero-order chi connectivity index (χ0) is 16.9. The number of fused-ring (bicyclic) bond motifs is 1. The summed E-state index contributed by atoms with van der Waals surface area (Å²) >= 11 is 0. The Balaban J connectivity index is 1.40. The van der Waals surface area contributed by atoms with Crippen molar-refractivity contribution in [1.29, 1.82) is 0 Å². The van der Waals surface area contributed by atoms with Gasteiger partial charge in [-0.05, 0) is 44.0 Å². The Morgan fingerprint density at radius 3 is 2.29 bits per heavy atom. The van der Waals surface area contributed by atoms with Crippen LogP contribution >= 0.6 is 0 Å². The third kappa shape index (κ3) is 3.54. The molecule has 124 valence electrons. The summed E-state index contributed by atoms with van der Waals surface area (Å²) in [6.45, 7) is 4.29. The van der Waals surface area contributed by atoms with Crippen molar-refractivity contribution in [3.8, 4) is 0 Å². The van der Waals surface area contributed by atoms with Crippen LogP contribution in [-0.4, -0.2) is 29.8 Å². The number of carbonyl (C=O) groups excluding carboxylic acids is 2. The minimum Gasteiger partial charge on any atom is -0.313 e. The van der Waals surface area contributed by atoms with E-state index >= 15 is 0 Å². The number of benzene rings is 2. The highest BCUT2D eigenvalue weighted by Gasteiger charge is 2.34. The molecule has 2 amide bonds. The van der Waals surface area contributed by atoms with Crippen molar-refractivity contribution in [3.05, 3.63) is 70.8 Å². The van der Waals surface area contributed by atoms with E-state index in [1.807, 2.05) is 0 Å². The number of hydrogen-bond donors (Lipinski definition) is 1. The van der Waals surface area contributed by atoms with Gasteiger partial charge in [-0.25, -0.2) is 0 Å². The van der Waals surface area contributed by atoms with Crippen molar-refractivity contribution in [2.45, 2.75) is 26.3 Å². The fourth-order valence-corrected chi connectivity index (χ4v) is 3.02. The summed E-state index contributed by atoms with van der Waals surface area (Å²) in [4.78, 5) is 25.8. The highest BCUT2D eigenvalue weighted by atomic mass is 16.2. The zero-order valence-corrected chi connectivity index (χ0v) is 13.9. The first kappa shape index (κ1) is 16.4. The van der Waals surface area contributed by atoms with Gasteiger partial charge in [-0.2, -0.15) is 0 Å². The lowest BCUT2D eigenvalue weighted by atomic mass is 10.1. The maximum Gasteiger partial charge on any atom is 0.261 e. The molecule has 1 aliphatic rings. The van der Waals surface area contributed by atoms with E-state index in [0.717, 1.165) is 25.9 Å². The van der Waals surface area contributed by atoms with Crippen LogP contribution in [0.1, 0.15) is 44.7 Å². The van der Waals surface area contributed by atoms with Gasteiger partial charge in [0.25, 0.3) is 11.8 Å². The molecule has 2 aromatic rings. The molecule has 0 bridgehead atoms. The van der Waals surface area contributed by atoms with E-state index in [-0.39, 0.29) is 11.8 Å². The highest BCUT2D eigenvalue weighted by Crippen LogP contribution is 2.22. The van der Waals surface area contributed by atoms with Crippen molar-refractivity contribution in [1.82, 2.24) is 10.2 Å². The monoisotopic (exact) mass is 322 g/mol. The molecule has 4 nitrogen and oxygen atoms in total. The molecule has 0 saturated heterocycles. The van der Waals surface area contributed by atoms with E-state index < -0.39 is 0 Å². The van der Waals surface area contributed by atoms with E-state index in [1.165, 1.54) is 16.0 Å². The van der Waals surface area contributed by atoms with Crippen molar-refractivity contribution in [3.63, 3.8) is 0 Å². The normalized spacial score (nSPS) is 13.5. The summed E-state index contributed by atoms with van der Waals surface area (Å²) in [6, 6.07) is 15.5. The van der Waals surface area contributed by atoms with Gasteiger partial charge in [-0.15, -0.1) is 0 Å². The minimum absolute atomic E-state index is 0.164. The van der Waals surface area contributed by atoms with Gasteiger partial charge in [0.05, 0.1) is 11.1 Å². The van der Waals surface area contributed by atoms with E-state index in [2.05, 4.69) is 36.5 Å². The number of imide groups is 1. The third-order valence-corrected chi connectivity index (χ3v) is 4.28. The van der Waals surface area contributed by atoms with Crippen LogP contribution in [0.5, 0.6) is 0 Å². The maximum atomic E-state index is 12.2. The Kier molecular flexibility index (Phi) is 5.06. The van der Waals surface area contributed by atoms with Gasteiger partial charge in [0, 0.05) is 13.1 Å². The Bertz CT molecular complexity index is 720. The Hall–Kier alpha value is -2.46. The summed E-state index contributed by atoms with van der Waals surface area (Å²) < 4.78 is 0. The number of hydrogen-bond acceptors (Lipinski definition) is 3. The average molecular weight is 322 g/mol. The van der Waals surface area contributed by atoms with Gasteiger partial charge in [0.1, 0.15) is 0 Å². The largest absolute Gasteiger partial charge is 0.313 e. The first-order valence-electron chi connectivity index (χ1n) is 8.38. The number of amides is 2. The first-order valence-corrected chi connectivity index (χ1v) is 8.38. The molecule has 0 aromatic heterocycles. The number of nitrogens with zero attached hydrogens (tertiary/aromatic N) is 1. The summed E-state index contributed by atoms with van der Waals surface area (Å²) in [5, 5.41) is 3.41.